The van der Waals surface area contributed by atoms with Gasteiger partial charge < -0.3 is 20.1 Å². The third kappa shape index (κ3) is 2.17. The van der Waals surface area contributed by atoms with Crippen molar-refractivity contribution in [1.82, 2.24) is 0 Å². The minimum Gasteiger partial charge on any atom is -0.393 e. The molecule has 4 nitrogen and oxygen atoms in total. The first-order valence-corrected chi connectivity index (χ1v) is 4.22. The Morgan fingerprint density at radius 1 is 1.33 bits per heavy atom. The number of aliphatic hydroxyl groups excluding tert-OH is 3. The average Bonchev–Trinajstić information content (AvgIpc) is 2.08. The molecule has 4 heteroatoms. The zero-order valence-corrected chi connectivity index (χ0v) is 7.18. The number of hydrogen-bond acceptors (Lipinski definition) is 4. The maximum atomic E-state index is 9.44. The van der Waals surface area contributed by atoms with Crippen molar-refractivity contribution < 1.29 is 20.1 Å². The molecule has 12 heavy (non-hydrogen) atoms. The highest BCUT2D eigenvalue weighted by atomic mass is 16.6. The number of ether oxygens (including phenoxy) is 1. The molecular weight excluding hydrogens is 160 g/mol. The van der Waals surface area contributed by atoms with Crippen LogP contribution in [0.1, 0.15) is 19.3 Å². The molecule has 0 heterocycles. The quantitative estimate of drug-likeness (QED) is 0.495. The Morgan fingerprint density at radius 3 is 2.58 bits per heavy atom. The molecule has 1 aliphatic carbocycles. The van der Waals surface area contributed by atoms with Gasteiger partial charge in [0, 0.05) is 13.0 Å². The van der Waals surface area contributed by atoms with Gasteiger partial charge in [-0.3, -0.25) is 0 Å². The summed E-state index contributed by atoms with van der Waals surface area (Å²) in [5.74, 6) is -0.348. The van der Waals surface area contributed by atoms with Crippen LogP contribution in [0.3, 0.4) is 0 Å². The molecule has 0 amide bonds. The van der Waals surface area contributed by atoms with Crippen LogP contribution >= 0.6 is 0 Å². The highest BCUT2D eigenvalue weighted by Crippen LogP contribution is 2.27. The standard InChI is InChI=1S/C8H16O4/c1-12-8(11)6-4-5(9)2-3-7(6)10/h5-11H,2-4H2,1H3. The highest BCUT2D eigenvalue weighted by Gasteiger charge is 2.33. The topological polar surface area (TPSA) is 69.9 Å². The van der Waals surface area contributed by atoms with Crippen molar-refractivity contribution in [2.75, 3.05) is 7.11 Å². The van der Waals surface area contributed by atoms with E-state index >= 15 is 0 Å². The fraction of sp³-hybridized carbons (Fsp3) is 1.00. The lowest BCUT2D eigenvalue weighted by Crippen LogP contribution is -2.39. The monoisotopic (exact) mass is 176 g/mol. The van der Waals surface area contributed by atoms with Crippen LogP contribution < -0.4 is 0 Å². The van der Waals surface area contributed by atoms with Gasteiger partial charge in [-0.15, -0.1) is 0 Å². The lowest BCUT2D eigenvalue weighted by atomic mass is 9.84. The van der Waals surface area contributed by atoms with Gasteiger partial charge in [-0.25, -0.2) is 0 Å². The van der Waals surface area contributed by atoms with Gasteiger partial charge in [-0.1, -0.05) is 0 Å². The maximum absolute atomic E-state index is 9.44. The molecule has 0 aliphatic heterocycles. The third-order valence-corrected chi connectivity index (χ3v) is 2.44. The Bertz CT molecular complexity index is 135. The lowest BCUT2D eigenvalue weighted by Gasteiger charge is -2.33. The van der Waals surface area contributed by atoms with E-state index in [0.29, 0.717) is 19.3 Å². The van der Waals surface area contributed by atoms with Crippen molar-refractivity contribution in [3.05, 3.63) is 0 Å². The van der Waals surface area contributed by atoms with E-state index in [1.165, 1.54) is 7.11 Å². The largest absolute Gasteiger partial charge is 0.393 e. The summed E-state index contributed by atoms with van der Waals surface area (Å²) in [5, 5.41) is 28.0. The Morgan fingerprint density at radius 2 is 2.00 bits per heavy atom. The van der Waals surface area contributed by atoms with Crippen LogP contribution in [0.5, 0.6) is 0 Å². The summed E-state index contributed by atoms with van der Waals surface area (Å²) in [6, 6.07) is 0. The van der Waals surface area contributed by atoms with Crippen LogP contribution in [0.15, 0.2) is 0 Å². The summed E-state index contributed by atoms with van der Waals surface area (Å²) in [5.41, 5.74) is 0. The predicted molar refractivity (Wildman–Crippen MR) is 42.4 cm³/mol. The van der Waals surface area contributed by atoms with Crippen molar-refractivity contribution in [3.8, 4) is 0 Å². The van der Waals surface area contributed by atoms with Crippen LogP contribution in [0.4, 0.5) is 0 Å². The number of aliphatic hydroxyl groups is 3. The lowest BCUT2D eigenvalue weighted by molar-refractivity contribution is -0.160. The molecule has 1 rings (SSSR count). The minimum atomic E-state index is -0.963. The molecule has 0 aromatic heterocycles. The van der Waals surface area contributed by atoms with E-state index in [1.807, 2.05) is 0 Å². The molecule has 0 spiro atoms. The van der Waals surface area contributed by atoms with Crippen molar-refractivity contribution in [1.29, 1.82) is 0 Å². The number of methoxy groups -OCH3 is 1. The van der Waals surface area contributed by atoms with Crippen molar-refractivity contribution in [3.63, 3.8) is 0 Å². The van der Waals surface area contributed by atoms with E-state index in [-0.39, 0.29) is 5.92 Å². The van der Waals surface area contributed by atoms with E-state index in [1.54, 1.807) is 0 Å². The Kier molecular flexibility index (Phi) is 3.46. The summed E-state index contributed by atoms with van der Waals surface area (Å²) in [6.45, 7) is 0. The van der Waals surface area contributed by atoms with Crippen molar-refractivity contribution in [2.24, 2.45) is 5.92 Å². The average molecular weight is 176 g/mol. The van der Waals surface area contributed by atoms with Crippen LogP contribution in [0, 0.1) is 5.92 Å². The Balaban J connectivity index is 2.48. The van der Waals surface area contributed by atoms with Crippen LogP contribution in [-0.2, 0) is 4.74 Å². The summed E-state index contributed by atoms with van der Waals surface area (Å²) in [7, 11) is 1.39. The van der Waals surface area contributed by atoms with Gasteiger partial charge in [0.1, 0.15) is 0 Å². The molecule has 0 aromatic carbocycles. The first-order valence-electron chi connectivity index (χ1n) is 4.22. The van der Waals surface area contributed by atoms with Gasteiger partial charge in [0.2, 0.25) is 0 Å². The fourth-order valence-corrected chi connectivity index (χ4v) is 1.65. The third-order valence-electron chi connectivity index (χ3n) is 2.44. The van der Waals surface area contributed by atoms with Gasteiger partial charge in [-0.2, -0.15) is 0 Å². The maximum Gasteiger partial charge on any atom is 0.159 e. The Labute approximate surface area is 71.8 Å². The van der Waals surface area contributed by atoms with Crippen LogP contribution in [-0.4, -0.2) is 40.9 Å². The summed E-state index contributed by atoms with van der Waals surface area (Å²) in [4.78, 5) is 0. The zero-order chi connectivity index (χ0) is 9.14. The minimum absolute atomic E-state index is 0.348. The summed E-state index contributed by atoms with van der Waals surface area (Å²) in [6.07, 6.45) is -0.377. The molecular formula is C8H16O4. The number of rotatable bonds is 2. The molecule has 0 saturated heterocycles. The van der Waals surface area contributed by atoms with Gasteiger partial charge in [-0.05, 0) is 19.3 Å². The molecule has 72 valence electrons. The second-order valence-electron chi connectivity index (χ2n) is 3.32. The Hall–Kier alpha value is -0.160. The van der Waals surface area contributed by atoms with Crippen LogP contribution in [0.2, 0.25) is 0 Å². The van der Waals surface area contributed by atoms with Crippen molar-refractivity contribution in [2.45, 2.75) is 37.8 Å². The molecule has 3 N–H and O–H groups in total. The fourth-order valence-electron chi connectivity index (χ4n) is 1.65. The highest BCUT2D eigenvalue weighted by molar-refractivity contribution is 4.80. The van der Waals surface area contributed by atoms with E-state index in [9.17, 15) is 15.3 Å². The van der Waals surface area contributed by atoms with Gasteiger partial charge >= 0.3 is 0 Å². The van der Waals surface area contributed by atoms with E-state index < -0.39 is 18.5 Å². The summed E-state index contributed by atoms with van der Waals surface area (Å²) >= 11 is 0. The van der Waals surface area contributed by atoms with Gasteiger partial charge in [0.05, 0.1) is 12.2 Å². The first-order chi connectivity index (χ1) is 5.65. The molecule has 1 saturated carbocycles. The molecule has 1 aliphatic rings. The van der Waals surface area contributed by atoms with E-state index in [2.05, 4.69) is 0 Å². The van der Waals surface area contributed by atoms with E-state index in [0.717, 1.165) is 0 Å². The second-order valence-corrected chi connectivity index (χ2v) is 3.32. The molecule has 0 bridgehead atoms. The molecule has 1 fully saturated rings. The molecule has 4 atom stereocenters. The molecule has 0 aromatic rings. The molecule has 0 radical (unpaired) electrons. The zero-order valence-electron chi connectivity index (χ0n) is 7.18. The predicted octanol–water partition coefficient (Wildman–Crippen LogP) is -0.527. The van der Waals surface area contributed by atoms with Gasteiger partial charge in [0.15, 0.2) is 6.29 Å². The van der Waals surface area contributed by atoms with Gasteiger partial charge in [0.25, 0.3) is 0 Å². The second kappa shape index (κ2) is 4.18. The van der Waals surface area contributed by atoms with Crippen LogP contribution in [0.25, 0.3) is 0 Å². The summed E-state index contributed by atoms with van der Waals surface area (Å²) < 4.78 is 4.69. The molecule has 4 unspecified atom stereocenters. The smallest absolute Gasteiger partial charge is 0.159 e. The SMILES string of the molecule is COC(O)C1CC(O)CCC1O. The van der Waals surface area contributed by atoms with E-state index in [4.69, 9.17) is 4.74 Å². The first kappa shape index (κ1) is 9.92. The number of hydrogen-bond donors (Lipinski definition) is 3. The normalized spacial score (nSPS) is 39.5. The van der Waals surface area contributed by atoms with Crippen molar-refractivity contribution >= 4 is 0 Å².